The molecule has 7 heteroatoms. The Labute approximate surface area is 183 Å². The van der Waals surface area contributed by atoms with E-state index in [1.54, 1.807) is 45.0 Å². The van der Waals surface area contributed by atoms with Gasteiger partial charge < -0.3 is 20.1 Å². The molecule has 0 aliphatic heterocycles. The number of carbonyl (C=O) groups is 3. The molecule has 0 bridgehead atoms. The standard InChI is InChI=1S/C24H30N2O5/c1-15-11-16(2)21(17(3)12-15)26-20(27)14-30-22(28)19-9-7-18(8-10-19)13-25-23(29)31-24(4,5)6/h7-12H,13-14H2,1-6H3,(H,25,29)(H,26,27). The Balaban J connectivity index is 1.84. The highest BCUT2D eigenvalue weighted by Crippen LogP contribution is 2.21. The van der Waals surface area contributed by atoms with Crippen molar-refractivity contribution in [3.63, 3.8) is 0 Å². The minimum Gasteiger partial charge on any atom is -0.452 e. The monoisotopic (exact) mass is 426 g/mol. The molecule has 2 aromatic carbocycles. The van der Waals surface area contributed by atoms with E-state index in [9.17, 15) is 14.4 Å². The maximum Gasteiger partial charge on any atom is 0.407 e. The smallest absolute Gasteiger partial charge is 0.407 e. The molecule has 7 nitrogen and oxygen atoms in total. The summed E-state index contributed by atoms with van der Waals surface area (Å²) in [5.41, 5.74) is 4.29. The fraction of sp³-hybridized carbons (Fsp3) is 0.375. The fourth-order valence-electron chi connectivity index (χ4n) is 3.01. The molecule has 0 atom stereocenters. The molecule has 0 heterocycles. The van der Waals surface area contributed by atoms with E-state index in [0.717, 1.165) is 27.9 Å². The lowest BCUT2D eigenvalue weighted by molar-refractivity contribution is -0.119. The zero-order valence-electron chi connectivity index (χ0n) is 18.9. The fourth-order valence-corrected chi connectivity index (χ4v) is 3.01. The van der Waals surface area contributed by atoms with Crippen LogP contribution in [0.5, 0.6) is 0 Å². The van der Waals surface area contributed by atoms with Gasteiger partial charge in [-0.05, 0) is 70.4 Å². The summed E-state index contributed by atoms with van der Waals surface area (Å²) < 4.78 is 10.3. The number of rotatable bonds is 6. The molecule has 2 rings (SSSR count). The van der Waals surface area contributed by atoms with Crippen LogP contribution in [0.15, 0.2) is 36.4 Å². The summed E-state index contributed by atoms with van der Waals surface area (Å²) in [6.45, 7) is 11.1. The summed E-state index contributed by atoms with van der Waals surface area (Å²) in [5.74, 6) is -0.999. The van der Waals surface area contributed by atoms with E-state index in [1.807, 2.05) is 32.9 Å². The lowest BCUT2D eigenvalue weighted by atomic mass is 10.1. The molecule has 2 N–H and O–H groups in total. The summed E-state index contributed by atoms with van der Waals surface area (Å²) in [6.07, 6.45) is -0.513. The maximum absolute atomic E-state index is 12.2. The van der Waals surface area contributed by atoms with Crippen LogP contribution >= 0.6 is 0 Å². The van der Waals surface area contributed by atoms with Crippen LogP contribution in [-0.2, 0) is 20.8 Å². The second kappa shape index (κ2) is 10.1. The zero-order chi connectivity index (χ0) is 23.2. The van der Waals surface area contributed by atoms with Gasteiger partial charge in [0.25, 0.3) is 5.91 Å². The molecule has 0 aliphatic rings. The van der Waals surface area contributed by atoms with Crippen LogP contribution in [-0.4, -0.2) is 30.2 Å². The van der Waals surface area contributed by atoms with Gasteiger partial charge in [0, 0.05) is 12.2 Å². The van der Waals surface area contributed by atoms with Gasteiger partial charge in [0.05, 0.1) is 5.56 Å². The molecule has 31 heavy (non-hydrogen) atoms. The van der Waals surface area contributed by atoms with Crippen LogP contribution in [0.25, 0.3) is 0 Å². The lowest BCUT2D eigenvalue weighted by Gasteiger charge is -2.19. The number of benzene rings is 2. The van der Waals surface area contributed by atoms with Crippen molar-refractivity contribution in [2.24, 2.45) is 0 Å². The van der Waals surface area contributed by atoms with Gasteiger partial charge in [-0.3, -0.25) is 4.79 Å². The molecule has 0 aromatic heterocycles. The minimum absolute atomic E-state index is 0.266. The van der Waals surface area contributed by atoms with E-state index in [-0.39, 0.29) is 13.2 Å². The second-order valence-electron chi connectivity index (χ2n) is 8.45. The number of alkyl carbamates (subject to hydrolysis) is 1. The van der Waals surface area contributed by atoms with Gasteiger partial charge in [-0.2, -0.15) is 0 Å². The third-order valence-electron chi connectivity index (χ3n) is 4.30. The van der Waals surface area contributed by atoms with Crippen LogP contribution in [0.1, 0.15) is 53.4 Å². The largest absolute Gasteiger partial charge is 0.452 e. The molecule has 0 aliphatic carbocycles. The summed E-state index contributed by atoms with van der Waals surface area (Å²) >= 11 is 0. The van der Waals surface area contributed by atoms with Crippen LogP contribution in [0.4, 0.5) is 10.5 Å². The van der Waals surface area contributed by atoms with Crippen LogP contribution in [0, 0.1) is 20.8 Å². The van der Waals surface area contributed by atoms with Crippen LogP contribution in [0.2, 0.25) is 0 Å². The number of aryl methyl sites for hydroxylation is 3. The SMILES string of the molecule is Cc1cc(C)c(NC(=O)COC(=O)c2ccc(CNC(=O)OC(C)(C)C)cc2)c(C)c1. The van der Waals surface area contributed by atoms with E-state index < -0.39 is 23.6 Å². The third kappa shape index (κ3) is 7.77. The lowest BCUT2D eigenvalue weighted by Crippen LogP contribution is -2.32. The molecular formula is C24H30N2O5. The normalized spacial score (nSPS) is 10.9. The number of anilines is 1. The first-order valence-corrected chi connectivity index (χ1v) is 10.1. The average Bonchev–Trinajstić information content (AvgIpc) is 2.66. The number of amides is 2. The molecule has 0 radical (unpaired) electrons. The highest BCUT2D eigenvalue weighted by Gasteiger charge is 2.16. The van der Waals surface area contributed by atoms with Crippen molar-refractivity contribution in [3.8, 4) is 0 Å². The Morgan fingerprint density at radius 2 is 1.52 bits per heavy atom. The van der Waals surface area contributed by atoms with E-state index in [2.05, 4.69) is 10.6 Å². The molecule has 0 spiro atoms. The molecule has 166 valence electrons. The minimum atomic E-state index is -0.598. The van der Waals surface area contributed by atoms with E-state index >= 15 is 0 Å². The van der Waals surface area contributed by atoms with Gasteiger partial charge in [0.2, 0.25) is 0 Å². The van der Waals surface area contributed by atoms with Crippen molar-refractivity contribution in [2.45, 2.75) is 53.7 Å². The number of carbonyl (C=O) groups excluding carboxylic acids is 3. The number of esters is 1. The van der Waals surface area contributed by atoms with Gasteiger partial charge >= 0.3 is 12.1 Å². The van der Waals surface area contributed by atoms with Crippen molar-refractivity contribution in [3.05, 3.63) is 64.2 Å². The first kappa shape index (κ1) is 23.9. The molecular weight excluding hydrogens is 396 g/mol. The first-order chi connectivity index (χ1) is 14.4. The summed E-state index contributed by atoms with van der Waals surface area (Å²) in [6, 6.07) is 10.5. The average molecular weight is 427 g/mol. The Bertz CT molecular complexity index is 936. The van der Waals surface area contributed by atoms with E-state index in [1.165, 1.54) is 0 Å². The predicted molar refractivity (Wildman–Crippen MR) is 119 cm³/mol. The van der Waals surface area contributed by atoms with Crippen molar-refractivity contribution in [2.75, 3.05) is 11.9 Å². The maximum atomic E-state index is 12.2. The molecule has 0 unspecified atom stereocenters. The van der Waals surface area contributed by atoms with Crippen LogP contribution < -0.4 is 10.6 Å². The first-order valence-electron chi connectivity index (χ1n) is 10.1. The Morgan fingerprint density at radius 1 is 0.935 bits per heavy atom. The van der Waals surface area contributed by atoms with Gasteiger partial charge in [-0.1, -0.05) is 29.8 Å². The van der Waals surface area contributed by atoms with Gasteiger partial charge in [-0.25, -0.2) is 9.59 Å². The summed E-state index contributed by atoms with van der Waals surface area (Å²) in [4.78, 5) is 36.1. The quantitative estimate of drug-likeness (QED) is 0.667. The van der Waals surface area contributed by atoms with Crippen molar-refractivity contribution >= 4 is 23.7 Å². The Kier molecular flexibility index (Phi) is 7.80. The molecule has 0 saturated carbocycles. The molecule has 0 saturated heterocycles. The zero-order valence-corrected chi connectivity index (χ0v) is 18.9. The Morgan fingerprint density at radius 3 is 2.06 bits per heavy atom. The van der Waals surface area contributed by atoms with Gasteiger partial charge in [0.1, 0.15) is 5.60 Å². The Hall–Kier alpha value is -3.35. The number of nitrogens with one attached hydrogen (secondary N) is 2. The van der Waals surface area contributed by atoms with Crippen molar-refractivity contribution < 1.29 is 23.9 Å². The molecule has 0 fully saturated rings. The summed E-state index contributed by atoms with van der Waals surface area (Å²) in [5, 5.41) is 5.45. The third-order valence-corrected chi connectivity index (χ3v) is 4.30. The number of ether oxygens (including phenoxy) is 2. The topological polar surface area (TPSA) is 93.7 Å². The number of hydrogen-bond acceptors (Lipinski definition) is 5. The van der Waals surface area contributed by atoms with Crippen molar-refractivity contribution in [1.29, 1.82) is 0 Å². The number of hydrogen-bond donors (Lipinski definition) is 2. The van der Waals surface area contributed by atoms with Crippen molar-refractivity contribution in [1.82, 2.24) is 5.32 Å². The molecule has 2 aromatic rings. The highest BCUT2D eigenvalue weighted by atomic mass is 16.6. The van der Waals surface area contributed by atoms with E-state index in [0.29, 0.717) is 5.56 Å². The second-order valence-corrected chi connectivity index (χ2v) is 8.45. The molecule has 2 amide bonds. The summed E-state index contributed by atoms with van der Waals surface area (Å²) in [7, 11) is 0. The predicted octanol–water partition coefficient (Wildman–Crippen LogP) is 4.43. The van der Waals surface area contributed by atoms with E-state index in [4.69, 9.17) is 9.47 Å². The van der Waals surface area contributed by atoms with Crippen LogP contribution in [0.3, 0.4) is 0 Å². The highest BCUT2D eigenvalue weighted by molar-refractivity contribution is 5.96. The van der Waals surface area contributed by atoms with Gasteiger partial charge in [0.15, 0.2) is 6.61 Å². The van der Waals surface area contributed by atoms with Gasteiger partial charge in [-0.15, -0.1) is 0 Å².